The molecule has 2 amide bonds. The molecule has 2 fully saturated rings. The van der Waals surface area contributed by atoms with Crippen molar-refractivity contribution < 1.29 is 22.4 Å². The zero-order valence-corrected chi connectivity index (χ0v) is 19.1. The van der Waals surface area contributed by atoms with E-state index >= 15 is 0 Å². The minimum absolute atomic E-state index is 0.0728. The van der Waals surface area contributed by atoms with E-state index in [2.05, 4.69) is 10.3 Å². The first kappa shape index (κ1) is 21.6. The Hall–Kier alpha value is -3.20. The summed E-state index contributed by atoms with van der Waals surface area (Å²) in [6, 6.07) is 9.89. The van der Waals surface area contributed by atoms with E-state index in [1.807, 2.05) is 0 Å². The Kier molecular flexibility index (Phi) is 5.23. The Morgan fingerprint density at radius 3 is 2.70 bits per heavy atom. The number of amides is 2. The lowest BCUT2D eigenvalue weighted by Crippen LogP contribution is -2.40. The van der Waals surface area contributed by atoms with Crippen LogP contribution in [0.25, 0.3) is 11.0 Å². The van der Waals surface area contributed by atoms with Crippen LogP contribution in [0.5, 0.6) is 0 Å². The number of nitrogens with one attached hydrogen (secondary N) is 1. The summed E-state index contributed by atoms with van der Waals surface area (Å²) in [6.45, 7) is 1.73. The van der Waals surface area contributed by atoms with Gasteiger partial charge in [-0.15, -0.1) is 0 Å². The third-order valence-corrected chi connectivity index (χ3v) is 8.13. The van der Waals surface area contributed by atoms with E-state index in [9.17, 15) is 18.0 Å². The summed E-state index contributed by atoms with van der Waals surface area (Å²) in [4.78, 5) is 31.3. The molecule has 33 heavy (non-hydrogen) atoms. The Morgan fingerprint density at radius 2 is 1.97 bits per heavy atom. The molecule has 1 saturated heterocycles. The first-order valence-electron chi connectivity index (χ1n) is 11.0. The van der Waals surface area contributed by atoms with Crippen LogP contribution in [0.1, 0.15) is 40.2 Å². The van der Waals surface area contributed by atoms with E-state index in [1.165, 1.54) is 6.07 Å². The Labute approximate surface area is 191 Å². The number of nitrogens with zero attached hydrogens (tertiary/aromatic N) is 2. The molecule has 8 nitrogen and oxygen atoms in total. The summed E-state index contributed by atoms with van der Waals surface area (Å²) in [6.07, 6.45) is 7.07. The summed E-state index contributed by atoms with van der Waals surface area (Å²) in [5, 5.41) is 3.82. The molecule has 1 N–H and O–H groups in total. The Balaban J connectivity index is 1.17. The predicted molar refractivity (Wildman–Crippen MR) is 122 cm³/mol. The SMILES string of the molecule is CS(=O)(=O)c1ccccc1C(=O)N1CCC2(CC1)CC2CNC(=O)c1cc2ccncc2o1. The van der Waals surface area contributed by atoms with Gasteiger partial charge >= 0.3 is 0 Å². The molecule has 3 aromatic rings. The summed E-state index contributed by atoms with van der Waals surface area (Å²) < 4.78 is 29.7. The van der Waals surface area contributed by atoms with Crippen molar-refractivity contribution in [3.63, 3.8) is 0 Å². The molecular weight excluding hydrogens is 442 g/mol. The minimum Gasteiger partial charge on any atom is -0.449 e. The summed E-state index contributed by atoms with van der Waals surface area (Å²) in [7, 11) is -3.48. The van der Waals surface area contributed by atoms with Crippen molar-refractivity contribution in [1.29, 1.82) is 0 Å². The molecule has 2 aliphatic rings. The fourth-order valence-corrected chi connectivity index (χ4v) is 5.80. The molecule has 1 aromatic carbocycles. The molecule has 1 aliphatic carbocycles. The second kappa shape index (κ2) is 7.98. The Bertz CT molecular complexity index is 1310. The van der Waals surface area contributed by atoms with E-state index in [0.717, 1.165) is 30.9 Å². The maximum absolute atomic E-state index is 13.0. The fourth-order valence-electron chi connectivity index (χ4n) is 4.92. The molecule has 0 radical (unpaired) electrons. The first-order valence-corrected chi connectivity index (χ1v) is 12.9. The number of aromatic nitrogens is 1. The van der Waals surface area contributed by atoms with Gasteiger partial charge in [-0.3, -0.25) is 14.6 Å². The van der Waals surface area contributed by atoms with E-state index < -0.39 is 9.84 Å². The van der Waals surface area contributed by atoms with Gasteiger partial charge in [-0.25, -0.2) is 8.42 Å². The lowest BCUT2D eigenvalue weighted by Gasteiger charge is -2.33. The van der Waals surface area contributed by atoms with Crippen LogP contribution in [0, 0.1) is 11.3 Å². The molecule has 9 heteroatoms. The van der Waals surface area contributed by atoms with Crippen molar-refractivity contribution in [3.05, 3.63) is 60.1 Å². The van der Waals surface area contributed by atoms with Gasteiger partial charge in [-0.1, -0.05) is 12.1 Å². The van der Waals surface area contributed by atoms with Crippen LogP contribution in [0.3, 0.4) is 0 Å². The van der Waals surface area contributed by atoms with Crippen LogP contribution in [-0.4, -0.2) is 56.0 Å². The molecule has 5 rings (SSSR count). The van der Waals surface area contributed by atoms with Crippen molar-refractivity contribution in [2.45, 2.75) is 24.2 Å². The van der Waals surface area contributed by atoms with Crippen molar-refractivity contribution in [3.8, 4) is 0 Å². The number of piperidine rings is 1. The third-order valence-electron chi connectivity index (χ3n) is 6.98. The van der Waals surface area contributed by atoms with Gasteiger partial charge in [0.05, 0.1) is 16.7 Å². The van der Waals surface area contributed by atoms with Crippen LogP contribution >= 0.6 is 0 Å². The number of pyridine rings is 1. The largest absolute Gasteiger partial charge is 0.449 e. The number of benzene rings is 1. The number of carbonyl (C=O) groups excluding carboxylic acids is 2. The van der Waals surface area contributed by atoms with Crippen LogP contribution in [0.4, 0.5) is 0 Å². The number of sulfone groups is 1. The van der Waals surface area contributed by atoms with E-state index in [-0.39, 0.29) is 33.4 Å². The van der Waals surface area contributed by atoms with E-state index in [1.54, 1.807) is 47.6 Å². The van der Waals surface area contributed by atoms with Gasteiger partial charge in [0.1, 0.15) is 0 Å². The first-order chi connectivity index (χ1) is 15.8. The molecule has 1 spiro atoms. The Morgan fingerprint density at radius 1 is 1.21 bits per heavy atom. The van der Waals surface area contributed by atoms with Crippen molar-refractivity contribution in [1.82, 2.24) is 15.2 Å². The number of hydrogen-bond donors (Lipinski definition) is 1. The van der Waals surface area contributed by atoms with Gasteiger partial charge < -0.3 is 14.6 Å². The van der Waals surface area contributed by atoms with Gasteiger partial charge in [0.15, 0.2) is 21.2 Å². The summed E-state index contributed by atoms with van der Waals surface area (Å²) >= 11 is 0. The monoisotopic (exact) mass is 467 g/mol. The van der Waals surface area contributed by atoms with Gasteiger partial charge in [0, 0.05) is 37.5 Å². The maximum atomic E-state index is 13.0. The number of carbonyl (C=O) groups is 2. The number of likely N-dealkylation sites (tertiary alicyclic amines) is 1. The second-order valence-electron chi connectivity index (χ2n) is 9.06. The molecule has 0 bridgehead atoms. The molecular formula is C24H25N3O5S. The molecule has 2 aromatic heterocycles. The molecule has 1 saturated carbocycles. The molecule has 1 aliphatic heterocycles. The zero-order chi connectivity index (χ0) is 23.2. The van der Waals surface area contributed by atoms with Crippen molar-refractivity contribution in [2.24, 2.45) is 11.3 Å². The smallest absolute Gasteiger partial charge is 0.287 e. The molecule has 1 unspecified atom stereocenters. The highest BCUT2D eigenvalue weighted by atomic mass is 32.2. The standard InChI is InChI=1S/C24H25N3O5S/c1-33(30,31)21-5-3-2-4-18(21)23(29)27-10-7-24(8-11-27)13-17(24)14-26-22(28)19-12-16-6-9-25-15-20(16)32-19/h2-6,9,12,15,17H,7-8,10-11,13-14H2,1H3,(H,26,28). The molecule has 3 heterocycles. The fraction of sp³-hybridized carbons (Fsp3) is 0.375. The third kappa shape index (κ3) is 4.13. The van der Waals surface area contributed by atoms with Crippen LogP contribution < -0.4 is 5.32 Å². The average molecular weight is 468 g/mol. The van der Waals surface area contributed by atoms with Crippen LogP contribution in [0.2, 0.25) is 0 Å². The topological polar surface area (TPSA) is 110 Å². The normalized spacial score (nSPS) is 19.5. The number of rotatable bonds is 5. The van der Waals surface area contributed by atoms with Crippen molar-refractivity contribution >= 4 is 32.6 Å². The minimum atomic E-state index is -3.48. The van der Waals surface area contributed by atoms with Gasteiger partial charge in [-0.2, -0.15) is 0 Å². The lowest BCUT2D eigenvalue weighted by atomic mass is 9.90. The van der Waals surface area contributed by atoms with Crippen LogP contribution in [-0.2, 0) is 9.84 Å². The van der Waals surface area contributed by atoms with Crippen LogP contribution in [0.15, 0.2) is 58.1 Å². The summed E-state index contributed by atoms with van der Waals surface area (Å²) in [5.74, 6) is 0.166. The number of furan rings is 1. The van der Waals surface area contributed by atoms with E-state index in [0.29, 0.717) is 31.1 Å². The van der Waals surface area contributed by atoms with Gasteiger partial charge in [-0.05, 0) is 54.9 Å². The average Bonchev–Trinajstić information content (AvgIpc) is 3.28. The zero-order valence-electron chi connectivity index (χ0n) is 18.3. The number of hydrogen-bond acceptors (Lipinski definition) is 6. The second-order valence-corrected chi connectivity index (χ2v) is 11.0. The summed E-state index contributed by atoms with van der Waals surface area (Å²) in [5.41, 5.74) is 0.953. The highest BCUT2D eigenvalue weighted by Crippen LogP contribution is 2.59. The highest BCUT2D eigenvalue weighted by molar-refractivity contribution is 7.90. The maximum Gasteiger partial charge on any atom is 0.287 e. The molecule has 172 valence electrons. The predicted octanol–water partition coefficient (Wildman–Crippen LogP) is 2.90. The number of fused-ring (bicyclic) bond motifs is 1. The quantitative estimate of drug-likeness (QED) is 0.618. The van der Waals surface area contributed by atoms with E-state index in [4.69, 9.17) is 4.42 Å². The van der Waals surface area contributed by atoms with Gasteiger partial charge in [0.25, 0.3) is 11.8 Å². The van der Waals surface area contributed by atoms with Gasteiger partial charge in [0.2, 0.25) is 0 Å². The highest BCUT2D eigenvalue weighted by Gasteiger charge is 2.54. The lowest BCUT2D eigenvalue weighted by molar-refractivity contribution is 0.0665. The van der Waals surface area contributed by atoms with Crippen molar-refractivity contribution in [2.75, 3.05) is 25.9 Å². The molecule has 1 atom stereocenters.